The van der Waals surface area contributed by atoms with Crippen LogP contribution in [0.3, 0.4) is 0 Å². The Morgan fingerprint density at radius 1 is 1.24 bits per heavy atom. The minimum atomic E-state index is -0.0276. The van der Waals surface area contributed by atoms with E-state index in [2.05, 4.69) is 16.0 Å². The van der Waals surface area contributed by atoms with Gasteiger partial charge >= 0.3 is 0 Å². The summed E-state index contributed by atoms with van der Waals surface area (Å²) in [5.74, 6) is 1.57. The molecule has 0 spiro atoms. The zero-order valence-electron chi connectivity index (χ0n) is 13.9. The smallest absolute Gasteiger partial charge is 0.261 e. The number of pyridine rings is 1. The normalized spacial score (nSPS) is 17.0. The highest BCUT2D eigenvalue weighted by Crippen LogP contribution is 2.34. The van der Waals surface area contributed by atoms with Gasteiger partial charge in [-0.2, -0.15) is 5.26 Å². The molecule has 25 heavy (non-hydrogen) atoms. The van der Waals surface area contributed by atoms with Gasteiger partial charge < -0.3 is 4.90 Å². The van der Waals surface area contributed by atoms with E-state index in [-0.39, 0.29) is 11.6 Å². The van der Waals surface area contributed by atoms with Gasteiger partial charge in [-0.15, -0.1) is 0 Å². The minimum Gasteiger partial charge on any atom is -0.346 e. The van der Waals surface area contributed by atoms with Crippen molar-refractivity contribution in [1.29, 1.82) is 5.26 Å². The van der Waals surface area contributed by atoms with E-state index in [1.165, 1.54) is 0 Å². The summed E-state index contributed by atoms with van der Waals surface area (Å²) >= 11 is 0. The number of fused-ring (bicyclic) bond motifs is 1. The number of aromatic nitrogens is 3. The van der Waals surface area contributed by atoms with Crippen LogP contribution in [0.5, 0.6) is 0 Å². The number of anilines is 1. The third-order valence-corrected chi connectivity index (χ3v) is 4.74. The van der Waals surface area contributed by atoms with Gasteiger partial charge in [0.1, 0.15) is 17.7 Å². The molecule has 1 fully saturated rings. The maximum absolute atomic E-state index is 12.7. The molecule has 0 radical (unpaired) electrons. The van der Waals surface area contributed by atoms with Crippen LogP contribution in [0.2, 0.25) is 0 Å². The number of benzene rings is 1. The fourth-order valence-electron chi connectivity index (χ4n) is 3.46. The highest BCUT2D eigenvalue weighted by atomic mass is 16.1. The fourth-order valence-corrected chi connectivity index (χ4v) is 3.46. The van der Waals surface area contributed by atoms with Crippen LogP contribution in [0.4, 0.5) is 5.82 Å². The highest BCUT2D eigenvalue weighted by Gasteiger charge is 2.30. The second-order valence-electron chi connectivity index (χ2n) is 6.22. The first-order valence-electron chi connectivity index (χ1n) is 8.27. The van der Waals surface area contributed by atoms with Crippen LogP contribution in [0.15, 0.2) is 47.4 Å². The van der Waals surface area contributed by atoms with Crippen molar-refractivity contribution in [2.75, 3.05) is 11.4 Å². The Hall–Kier alpha value is -3.20. The van der Waals surface area contributed by atoms with Crippen molar-refractivity contribution in [1.82, 2.24) is 14.5 Å². The number of nitriles is 1. The van der Waals surface area contributed by atoms with Crippen molar-refractivity contribution < 1.29 is 0 Å². The van der Waals surface area contributed by atoms with Crippen molar-refractivity contribution in [2.24, 2.45) is 7.05 Å². The molecule has 3 heterocycles. The summed E-state index contributed by atoms with van der Waals surface area (Å²) in [6, 6.07) is 13.1. The van der Waals surface area contributed by atoms with Crippen molar-refractivity contribution in [2.45, 2.75) is 18.9 Å². The van der Waals surface area contributed by atoms with Gasteiger partial charge in [0, 0.05) is 19.8 Å². The van der Waals surface area contributed by atoms with Crippen LogP contribution >= 0.6 is 0 Å². The van der Waals surface area contributed by atoms with Gasteiger partial charge in [-0.3, -0.25) is 9.36 Å². The van der Waals surface area contributed by atoms with Crippen LogP contribution in [0.1, 0.15) is 30.3 Å². The number of hydrogen-bond donors (Lipinski definition) is 0. The summed E-state index contributed by atoms with van der Waals surface area (Å²) in [6.45, 7) is 0.853. The second kappa shape index (κ2) is 6.02. The third-order valence-electron chi connectivity index (χ3n) is 4.74. The van der Waals surface area contributed by atoms with E-state index in [0.717, 1.165) is 36.5 Å². The van der Waals surface area contributed by atoms with Gasteiger partial charge in [0.15, 0.2) is 0 Å². The van der Waals surface area contributed by atoms with Crippen molar-refractivity contribution in [3.63, 3.8) is 0 Å². The van der Waals surface area contributed by atoms with E-state index in [1.54, 1.807) is 23.9 Å². The maximum atomic E-state index is 12.7. The van der Waals surface area contributed by atoms with Crippen LogP contribution in [0.25, 0.3) is 10.9 Å². The third kappa shape index (κ3) is 2.54. The van der Waals surface area contributed by atoms with Crippen LogP contribution in [-0.2, 0) is 7.05 Å². The Balaban J connectivity index is 1.80. The molecule has 1 atom stereocenters. The summed E-state index contributed by atoms with van der Waals surface area (Å²) in [5.41, 5.74) is 1.23. The first-order valence-corrected chi connectivity index (χ1v) is 8.27. The lowest BCUT2D eigenvalue weighted by atomic mass is 10.1. The Morgan fingerprint density at radius 3 is 2.84 bits per heavy atom. The number of para-hydroxylation sites is 1. The summed E-state index contributed by atoms with van der Waals surface area (Å²) in [7, 11) is 1.78. The molecule has 0 amide bonds. The predicted molar refractivity (Wildman–Crippen MR) is 95.3 cm³/mol. The van der Waals surface area contributed by atoms with E-state index in [4.69, 9.17) is 10.2 Å². The van der Waals surface area contributed by atoms with E-state index in [0.29, 0.717) is 10.9 Å². The van der Waals surface area contributed by atoms with Crippen molar-refractivity contribution in [3.8, 4) is 6.07 Å². The average Bonchev–Trinajstić information content (AvgIpc) is 3.14. The largest absolute Gasteiger partial charge is 0.346 e. The van der Waals surface area contributed by atoms with E-state index >= 15 is 0 Å². The monoisotopic (exact) mass is 331 g/mol. The molecule has 2 aromatic heterocycles. The molecule has 0 N–H and O–H groups in total. The average molecular weight is 331 g/mol. The molecule has 3 aromatic rings. The van der Waals surface area contributed by atoms with Gasteiger partial charge in [-0.05, 0) is 37.1 Å². The molecule has 1 saturated heterocycles. The quantitative estimate of drug-likeness (QED) is 0.721. The molecule has 0 aliphatic carbocycles. The molecular formula is C19H17N5O. The highest BCUT2D eigenvalue weighted by molar-refractivity contribution is 5.77. The standard InChI is InChI=1S/C19H17N5O/c1-23-18(22-15-6-3-2-5-14(15)19(23)25)16-7-4-10-24(16)17-9-8-13(11-20)12-21-17/h2-3,5-6,8-9,12,16H,4,7,10H2,1H3. The number of nitrogens with zero attached hydrogens (tertiary/aromatic N) is 5. The Morgan fingerprint density at radius 2 is 2.08 bits per heavy atom. The molecule has 6 heteroatoms. The molecule has 1 unspecified atom stereocenters. The molecule has 0 saturated carbocycles. The lowest BCUT2D eigenvalue weighted by molar-refractivity contribution is 0.607. The van der Waals surface area contributed by atoms with Crippen LogP contribution in [-0.4, -0.2) is 21.1 Å². The fraction of sp³-hybridized carbons (Fsp3) is 0.263. The Labute approximate surface area is 145 Å². The van der Waals surface area contributed by atoms with E-state index < -0.39 is 0 Å². The van der Waals surface area contributed by atoms with Gasteiger partial charge in [0.25, 0.3) is 5.56 Å². The van der Waals surface area contributed by atoms with E-state index in [9.17, 15) is 4.79 Å². The van der Waals surface area contributed by atoms with Crippen molar-refractivity contribution in [3.05, 3.63) is 64.3 Å². The molecular weight excluding hydrogens is 314 g/mol. The molecule has 0 bridgehead atoms. The van der Waals surface area contributed by atoms with Gasteiger partial charge in [-0.25, -0.2) is 9.97 Å². The van der Waals surface area contributed by atoms with Gasteiger partial charge in [0.05, 0.1) is 22.5 Å². The molecule has 124 valence electrons. The van der Waals surface area contributed by atoms with Gasteiger partial charge in [0.2, 0.25) is 0 Å². The topological polar surface area (TPSA) is 74.8 Å². The summed E-state index contributed by atoms with van der Waals surface area (Å²) in [5, 5.41) is 9.57. The Kier molecular flexibility index (Phi) is 3.69. The first-order chi connectivity index (χ1) is 12.2. The molecule has 1 aliphatic heterocycles. The SMILES string of the molecule is Cn1c(C2CCCN2c2ccc(C#N)cn2)nc2ccccc2c1=O. The minimum absolute atomic E-state index is 0.00254. The summed E-state index contributed by atoms with van der Waals surface area (Å²) in [4.78, 5) is 24.0. The molecule has 4 rings (SSSR count). The zero-order chi connectivity index (χ0) is 17.4. The van der Waals surface area contributed by atoms with Crippen LogP contribution in [0, 0.1) is 11.3 Å². The maximum Gasteiger partial charge on any atom is 0.261 e. The summed E-state index contributed by atoms with van der Waals surface area (Å²) < 4.78 is 1.65. The Bertz CT molecular complexity index is 1030. The first kappa shape index (κ1) is 15.3. The molecule has 1 aliphatic rings. The summed E-state index contributed by atoms with van der Waals surface area (Å²) in [6.07, 6.45) is 3.51. The van der Waals surface area contributed by atoms with Crippen LogP contribution < -0.4 is 10.5 Å². The van der Waals surface area contributed by atoms with Gasteiger partial charge in [-0.1, -0.05) is 12.1 Å². The lowest BCUT2D eigenvalue weighted by Gasteiger charge is -2.26. The predicted octanol–water partition coefficient (Wildman–Crippen LogP) is 2.54. The second-order valence-corrected chi connectivity index (χ2v) is 6.22. The van der Waals surface area contributed by atoms with E-state index in [1.807, 2.05) is 30.3 Å². The zero-order valence-corrected chi connectivity index (χ0v) is 13.9. The molecule has 1 aromatic carbocycles. The molecule has 6 nitrogen and oxygen atoms in total. The van der Waals surface area contributed by atoms with Crippen molar-refractivity contribution >= 4 is 16.7 Å². The number of hydrogen-bond acceptors (Lipinski definition) is 5. The number of rotatable bonds is 2. The lowest BCUT2D eigenvalue weighted by Crippen LogP contribution is -2.31.